The first-order valence-electron chi connectivity index (χ1n) is 5.43. The highest BCUT2D eigenvalue weighted by atomic mass is 16.4. The van der Waals surface area contributed by atoms with Crippen LogP contribution in [0, 0.1) is 0 Å². The monoisotopic (exact) mass is 217 g/mol. The van der Waals surface area contributed by atoms with Crippen LogP contribution in [0.2, 0.25) is 0 Å². The first-order chi connectivity index (χ1) is 6.93. The van der Waals surface area contributed by atoms with Gasteiger partial charge in [0.25, 0.3) is 0 Å². The molecule has 0 bridgehead atoms. The molecule has 0 saturated heterocycles. The van der Waals surface area contributed by atoms with Crippen molar-refractivity contribution in [3.63, 3.8) is 0 Å². The van der Waals surface area contributed by atoms with Gasteiger partial charge in [-0.05, 0) is 39.0 Å². The number of hydrogen-bond donors (Lipinski definition) is 4. The smallest absolute Gasteiger partial charge is 0.320 e. The van der Waals surface area contributed by atoms with Gasteiger partial charge in [0, 0.05) is 12.1 Å². The lowest BCUT2D eigenvalue weighted by molar-refractivity contribution is -0.138. The third-order valence-electron chi connectivity index (χ3n) is 2.40. The van der Waals surface area contributed by atoms with E-state index in [2.05, 4.69) is 0 Å². The number of carbonyl (C=O) groups is 1. The predicted octanol–water partition coefficient (Wildman–Crippen LogP) is 0.0233. The minimum Gasteiger partial charge on any atom is -0.480 e. The summed E-state index contributed by atoms with van der Waals surface area (Å²) in [7, 11) is 0. The molecule has 0 rings (SSSR count). The maximum absolute atomic E-state index is 10.4. The fraction of sp³-hybridized carbons (Fsp3) is 0.900. The largest absolute Gasteiger partial charge is 0.480 e. The molecule has 15 heavy (non-hydrogen) atoms. The molecule has 0 saturated carbocycles. The third-order valence-corrected chi connectivity index (χ3v) is 2.40. The summed E-state index contributed by atoms with van der Waals surface area (Å²) in [4.78, 5) is 10.4. The van der Waals surface area contributed by atoms with Gasteiger partial charge in [-0.15, -0.1) is 0 Å². The van der Waals surface area contributed by atoms with E-state index in [1.165, 1.54) is 0 Å². The second-order valence-electron chi connectivity index (χ2n) is 4.19. The Morgan fingerprint density at radius 2 is 1.73 bits per heavy atom. The lowest BCUT2D eigenvalue weighted by atomic mass is 10.0. The Morgan fingerprint density at radius 1 is 1.13 bits per heavy atom. The number of carboxylic acids is 1. The van der Waals surface area contributed by atoms with E-state index in [-0.39, 0.29) is 12.1 Å². The summed E-state index contributed by atoms with van der Waals surface area (Å²) in [6.45, 7) is 1.95. The molecule has 90 valence electrons. The Hall–Kier alpha value is -0.650. The fourth-order valence-electron chi connectivity index (χ4n) is 1.34. The van der Waals surface area contributed by atoms with Gasteiger partial charge in [-0.25, -0.2) is 0 Å². The van der Waals surface area contributed by atoms with Gasteiger partial charge in [-0.2, -0.15) is 0 Å². The van der Waals surface area contributed by atoms with Crippen LogP contribution in [0.1, 0.15) is 39.0 Å². The maximum atomic E-state index is 10.4. The Bertz CT molecular complexity index is 186. The van der Waals surface area contributed by atoms with E-state index >= 15 is 0 Å². The number of rotatable bonds is 8. The SMILES string of the molecule is CC(N)CCC(N)CCCC(N)C(=O)O. The van der Waals surface area contributed by atoms with Gasteiger partial charge in [-0.3, -0.25) is 4.79 Å². The molecule has 5 nitrogen and oxygen atoms in total. The molecule has 0 spiro atoms. The van der Waals surface area contributed by atoms with Crippen molar-refractivity contribution >= 4 is 5.97 Å². The van der Waals surface area contributed by atoms with E-state index < -0.39 is 12.0 Å². The molecule has 0 aromatic rings. The average Bonchev–Trinajstić information content (AvgIpc) is 2.14. The molecule has 0 amide bonds. The summed E-state index contributed by atoms with van der Waals surface area (Å²) in [5.41, 5.74) is 16.8. The van der Waals surface area contributed by atoms with E-state index in [1.54, 1.807) is 0 Å². The van der Waals surface area contributed by atoms with Crippen molar-refractivity contribution in [2.45, 2.75) is 57.2 Å². The minimum absolute atomic E-state index is 0.108. The minimum atomic E-state index is -0.945. The van der Waals surface area contributed by atoms with E-state index in [1.807, 2.05) is 6.92 Å². The molecule has 0 fully saturated rings. The second kappa shape index (κ2) is 7.62. The van der Waals surface area contributed by atoms with Crippen molar-refractivity contribution < 1.29 is 9.90 Å². The highest BCUT2D eigenvalue weighted by Crippen LogP contribution is 2.07. The van der Waals surface area contributed by atoms with Crippen molar-refractivity contribution in [3.05, 3.63) is 0 Å². The van der Waals surface area contributed by atoms with E-state index in [0.717, 1.165) is 25.7 Å². The summed E-state index contributed by atoms with van der Waals surface area (Å²) in [5, 5.41) is 8.55. The molecule has 3 unspecified atom stereocenters. The molecule has 3 atom stereocenters. The van der Waals surface area contributed by atoms with Crippen LogP contribution in [0.15, 0.2) is 0 Å². The number of nitrogens with two attached hydrogens (primary N) is 3. The van der Waals surface area contributed by atoms with E-state index in [4.69, 9.17) is 22.3 Å². The van der Waals surface area contributed by atoms with Crippen molar-refractivity contribution in [2.24, 2.45) is 17.2 Å². The summed E-state index contributed by atoms with van der Waals surface area (Å²) in [6, 6.07) is -0.472. The quantitative estimate of drug-likeness (QED) is 0.457. The van der Waals surface area contributed by atoms with Crippen LogP contribution in [0.25, 0.3) is 0 Å². The van der Waals surface area contributed by atoms with Crippen molar-refractivity contribution in [1.82, 2.24) is 0 Å². The van der Waals surface area contributed by atoms with Gasteiger partial charge < -0.3 is 22.3 Å². The Balaban J connectivity index is 3.46. The highest BCUT2D eigenvalue weighted by molar-refractivity contribution is 5.72. The van der Waals surface area contributed by atoms with Crippen LogP contribution in [0.4, 0.5) is 0 Å². The third kappa shape index (κ3) is 8.35. The van der Waals surface area contributed by atoms with Crippen LogP contribution < -0.4 is 17.2 Å². The zero-order chi connectivity index (χ0) is 11.8. The molecule has 0 aromatic heterocycles. The summed E-state index contributed by atoms with van der Waals surface area (Å²) >= 11 is 0. The van der Waals surface area contributed by atoms with Gasteiger partial charge in [0.05, 0.1) is 0 Å². The second-order valence-corrected chi connectivity index (χ2v) is 4.19. The topological polar surface area (TPSA) is 115 Å². The summed E-state index contributed by atoms with van der Waals surface area (Å²) < 4.78 is 0. The van der Waals surface area contributed by atoms with Gasteiger partial charge in [-0.1, -0.05) is 0 Å². The molecule has 0 radical (unpaired) electrons. The number of carboxylic acid groups (broad SMARTS) is 1. The maximum Gasteiger partial charge on any atom is 0.320 e. The summed E-state index contributed by atoms with van der Waals surface area (Å²) in [5.74, 6) is -0.945. The lowest BCUT2D eigenvalue weighted by Gasteiger charge is -2.13. The molecular weight excluding hydrogens is 194 g/mol. The first-order valence-corrected chi connectivity index (χ1v) is 5.43. The average molecular weight is 217 g/mol. The van der Waals surface area contributed by atoms with Crippen molar-refractivity contribution in [3.8, 4) is 0 Å². The number of hydrogen-bond acceptors (Lipinski definition) is 4. The zero-order valence-electron chi connectivity index (χ0n) is 9.36. The Labute approximate surface area is 91.0 Å². The van der Waals surface area contributed by atoms with E-state index in [9.17, 15) is 4.79 Å². The first kappa shape index (κ1) is 14.3. The Morgan fingerprint density at radius 3 is 2.20 bits per heavy atom. The van der Waals surface area contributed by atoms with Crippen LogP contribution in [0.5, 0.6) is 0 Å². The molecule has 7 N–H and O–H groups in total. The van der Waals surface area contributed by atoms with Gasteiger partial charge in [0.15, 0.2) is 0 Å². The zero-order valence-corrected chi connectivity index (χ0v) is 9.36. The standard InChI is InChI=1S/C10H23N3O2/c1-7(11)5-6-8(12)3-2-4-9(13)10(14)15/h7-9H,2-6,11-13H2,1H3,(H,14,15). The van der Waals surface area contributed by atoms with Crippen LogP contribution >= 0.6 is 0 Å². The van der Waals surface area contributed by atoms with Crippen molar-refractivity contribution in [1.29, 1.82) is 0 Å². The van der Waals surface area contributed by atoms with Gasteiger partial charge in [0.1, 0.15) is 6.04 Å². The van der Waals surface area contributed by atoms with Gasteiger partial charge in [0.2, 0.25) is 0 Å². The highest BCUT2D eigenvalue weighted by Gasteiger charge is 2.11. The molecule has 0 aromatic carbocycles. The van der Waals surface area contributed by atoms with Crippen molar-refractivity contribution in [2.75, 3.05) is 0 Å². The normalized spacial score (nSPS) is 17.1. The molecule has 0 heterocycles. The Kier molecular flexibility index (Phi) is 7.29. The summed E-state index contributed by atoms with van der Waals surface area (Å²) in [6.07, 6.45) is 3.86. The molecule has 0 aliphatic heterocycles. The van der Waals surface area contributed by atoms with E-state index in [0.29, 0.717) is 6.42 Å². The number of aliphatic carboxylic acids is 1. The molecule has 0 aliphatic rings. The van der Waals surface area contributed by atoms with Crippen LogP contribution in [0.3, 0.4) is 0 Å². The van der Waals surface area contributed by atoms with Crippen LogP contribution in [-0.2, 0) is 4.79 Å². The van der Waals surface area contributed by atoms with Crippen LogP contribution in [-0.4, -0.2) is 29.2 Å². The van der Waals surface area contributed by atoms with Gasteiger partial charge >= 0.3 is 5.97 Å². The molecule has 5 heteroatoms. The predicted molar refractivity (Wildman–Crippen MR) is 60.3 cm³/mol. The lowest BCUT2D eigenvalue weighted by Crippen LogP contribution is -2.31. The molecule has 0 aliphatic carbocycles. The fourth-order valence-corrected chi connectivity index (χ4v) is 1.34. The molecular formula is C10H23N3O2.